The number of hydrogen-bond acceptors (Lipinski definition) is 4. The zero-order valence-electron chi connectivity index (χ0n) is 10.4. The predicted molar refractivity (Wildman–Crippen MR) is 66.6 cm³/mol. The summed E-state index contributed by atoms with van der Waals surface area (Å²) >= 11 is 4.86. The number of aromatic nitrogens is 4. The highest BCUT2D eigenvalue weighted by Crippen LogP contribution is 2.19. The van der Waals surface area contributed by atoms with Crippen molar-refractivity contribution in [1.29, 1.82) is 0 Å². The molecule has 2 heterocycles. The number of nitrogens with zero attached hydrogens (tertiary/aromatic N) is 3. The first-order valence-electron chi connectivity index (χ1n) is 5.58. The molecular formula is C11H16N4OS. The van der Waals surface area contributed by atoms with E-state index in [-0.39, 0.29) is 0 Å². The van der Waals surface area contributed by atoms with Crippen LogP contribution in [0.15, 0.2) is 4.42 Å². The van der Waals surface area contributed by atoms with E-state index in [1.54, 1.807) is 0 Å². The summed E-state index contributed by atoms with van der Waals surface area (Å²) in [4.78, 5) is 0.312. The second-order valence-corrected chi connectivity index (χ2v) is 4.74. The van der Waals surface area contributed by atoms with Crippen LogP contribution < -0.4 is 0 Å². The predicted octanol–water partition coefficient (Wildman–Crippen LogP) is 2.72. The fourth-order valence-electron chi connectivity index (χ4n) is 1.94. The average molecular weight is 252 g/mol. The summed E-state index contributed by atoms with van der Waals surface area (Å²) < 4.78 is 7.30. The van der Waals surface area contributed by atoms with Crippen LogP contribution >= 0.6 is 12.2 Å². The SMILES string of the molecule is Cc1nn(C(C)C)c(C)c1Cc1n[nH]c(=S)o1. The molecule has 2 aromatic heterocycles. The van der Waals surface area contributed by atoms with E-state index < -0.39 is 0 Å². The van der Waals surface area contributed by atoms with E-state index in [4.69, 9.17) is 16.6 Å². The Morgan fingerprint density at radius 3 is 2.59 bits per heavy atom. The molecule has 0 aliphatic carbocycles. The van der Waals surface area contributed by atoms with Gasteiger partial charge in [0.1, 0.15) is 0 Å². The summed E-state index contributed by atoms with van der Waals surface area (Å²) in [7, 11) is 0. The summed E-state index contributed by atoms with van der Waals surface area (Å²) in [6, 6.07) is 0.355. The van der Waals surface area contributed by atoms with E-state index in [2.05, 4.69) is 36.1 Å². The number of nitrogens with one attached hydrogen (secondary N) is 1. The van der Waals surface area contributed by atoms with Gasteiger partial charge in [-0.1, -0.05) is 0 Å². The van der Waals surface area contributed by atoms with Gasteiger partial charge in [-0.25, -0.2) is 5.10 Å². The van der Waals surface area contributed by atoms with Crippen molar-refractivity contribution in [2.75, 3.05) is 0 Å². The first-order valence-corrected chi connectivity index (χ1v) is 5.99. The number of H-pyrrole nitrogens is 1. The van der Waals surface area contributed by atoms with Gasteiger partial charge in [0.25, 0.3) is 4.84 Å². The highest BCUT2D eigenvalue weighted by Gasteiger charge is 2.15. The Kier molecular flexibility index (Phi) is 3.15. The van der Waals surface area contributed by atoms with Crippen molar-refractivity contribution in [2.45, 2.75) is 40.2 Å². The lowest BCUT2D eigenvalue weighted by molar-refractivity contribution is 0.489. The third-order valence-corrected chi connectivity index (χ3v) is 2.95. The Bertz CT molecular complexity index is 579. The van der Waals surface area contributed by atoms with Crippen LogP contribution in [0, 0.1) is 18.7 Å². The average Bonchev–Trinajstić information content (AvgIpc) is 2.77. The topological polar surface area (TPSA) is 59.6 Å². The molecule has 92 valence electrons. The second kappa shape index (κ2) is 4.44. The van der Waals surface area contributed by atoms with E-state index in [9.17, 15) is 0 Å². The van der Waals surface area contributed by atoms with Crippen molar-refractivity contribution >= 4 is 12.2 Å². The highest BCUT2D eigenvalue weighted by molar-refractivity contribution is 7.71. The van der Waals surface area contributed by atoms with Gasteiger partial charge in [-0.15, -0.1) is 5.10 Å². The molecule has 0 radical (unpaired) electrons. The van der Waals surface area contributed by atoms with Crippen LogP contribution in [0.3, 0.4) is 0 Å². The van der Waals surface area contributed by atoms with Gasteiger partial charge in [0, 0.05) is 17.3 Å². The van der Waals surface area contributed by atoms with Gasteiger partial charge in [-0.2, -0.15) is 5.10 Å². The molecule has 0 unspecified atom stereocenters. The smallest absolute Gasteiger partial charge is 0.284 e. The van der Waals surface area contributed by atoms with Gasteiger partial charge < -0.3 is 4.42 Å². The van der Waals surface area contributed by atoms with Crippen LogP contribution in [0.4, 0.5) is 0 Å². The minimum atomic E-state index is 0.312. The Labute approximate surface area is 105 Å². The second-order valence-electron chi connectivity index (χ2n) is 4.37. The molecule has 0 aromatic carbocycles. The lowest BCUT2D eigenvalue weighted by Crippen LogP contribution is -2.05. The van der Waals surface area contributed by atoms with Crippen molar-refractivity contribution < 1.29 is 4.42 Å². The molecule has 5 nitrogen and oxygen atoms in total. The van der Waals surface area contributed by atoms with E-state index in [0.717, 1.165) is 17.0 Å². The normalized spacial score (nSPS) is 11.4. The molecule has 2 rings (SSSR count). The number of aromatic amines is 1. The quantitative estimate of drug-likeness (QED) is 0.853. The molecule has 0 aliphatic heterocycles. The van der Waals surface area contributed by atoms with Crippen LogP contribution in [0.5, 0.6) is 0 Å². The molecule has 0 amide bonds. The minimum Gasteiger partial charge on any atom is -0.414 e. The molecule has 0 saturated heterocycles. The molecular weight excluding hydrogens is 236 g/mol. The maximum atomic E-state index is 5.28. The van der Waals surface area contributed by atoms with Crippen molar-refractivity contribution in [3.05, 3.63) is 27.7 Å². The minimum absolute atomic E-state index is 0.312. The summed E-state index contributed by atoms with van der Waals surface area (Å²) in [6.07, 6.45) is 0.623. The fraction of sp³-hybridized carbons (Fsp3) is 0.545. The zero-order chi connectivity index (χ0) is 12.6. The lowest BCUT2D eigenvalue weighted by atomic mass is 10.1. The maximum absolute atomic E-state index is 5.28. The van der Waals surface area contributed by atoms with Gasteiger partial charge in [-0.3, -0.25) is 4.68 Å². The van der Waals surface area contributed by atoms with Crippen molar-refractivity contribution in [2.24, 2.45) is 0 Å². The van der Waals surface area contributed by atoms with E-state index in [0.29, 0.717) is 23.2 Å². The molecule has 1 N–H and O–H groups in total. The van der Waals surface area contributed by atoms with Crippen LogP contribution in [-0.2, 0) is 6.42 Å². The molecule has 0 saturated carbocycles. The van der Waals surface area contributed by atoms with Crippen LogP contribution in [0.25, 0.3) is 0 Å². The number of hydrogen-bond donors (Lipinski definition) is 1. The third-order valence-electron chi connectivity index (χ3n) is 2.77. The van der Waals surface area contributed by atoms with E-state index in [1.807, 2.05) is 11.6 Å². The van der Waals surface area contributed by atoms with Gasteiger partial charge in [-0.05, 0) is 39.9 Å². The van der Waals surface area contributed by atoms with E-state index >= 15 is 0 Å². The van der Waals surface area contributed by atoms with Gasteiger partial charge >= 0.3 is 0 Å². The number of aryl methyl sites for hydroxylation is 1. The van der Waals surface area contributed by atoms with Crippen LogP contribution in [-0.4, -0.2) is 20.0 Å². The van der Waals surface area contributed by atoms with Crippen molar-refractivity contribution in [3.63, 3.8) is 0 Å². The summed E-state index contributed by atoms with van der Waals surface area (Å²) in [5.41, 5.74) is 3.32. The van der Waals surface area contributed by atoms with Gasteiger partial charge in [0.2, 0.25) is 5.89 Å². The van der Waals surface area contributed by atoms with E-state index in [1.165, 1.54) is 0 Å². The molecule has 17 heavy (non-hydrogen) atoms. The molecule has 2 aromatic rings. The van der Waals surface area contributed by atoms with Crippen LogP contribution in [0.2, 0.25) is 0 Å². The van der Waals surface area contributed by atoms with Crippen LogP contribution in [0.1, 0.15) is 42.7 Å². The fourth-order valence-corrected chi connectivity index (χ4v) is 2.08. The Morgan fingerprint density at radius 2 is 2.12 bits per heavy atom. The summed E-state index contributed by atoms with van der Waals surface area (Å²) in [6.45, 7) is 8.30. The zero-order valence-corrected chi connectivity index (χ0v) is 11.3. The Morgan fingerprint density at radius 1 is 1.41 bits per heavy atom. The van der Waals surface area contributed by atoms with Gasteiger partial charge in [0.15, 0.2) is 0 Å². The summed E-state index contributed by atoms with van der Waals surface area (Å²) in [5.74, 6) is 0.601. The largest absolute Gasteiger partial charge is 0.414 e. The Balaban J connectivity index is 2.36. The highest BCUT2D eigenvalue weighted by atomic mass is 32.1. The lowest BCUT2D eigenvalue weighted by Gasteiger charge is -2.08. The Hall–Kier alpha value is -1.43. The molecule has 6 heteroatoms. The molecule has 0 spiro atoms. The van der Waals surface area contributed by atoms with Crippen molar-refractivity contribution in [1.82, 2.24) is 20.0 Å². The summed E-state index contributed by atoms with van der Waals surface area (Å²) in [5, 5.41) is 11.2. The molecule has 0 aliphatic rings. The van der Waals surface area contributed by atoms with Gasteiger partial charge in [0.05, 0.1) is 12.1 Å². The first-order chi connectivity index (χ1) is 7.99. The molecule has 0 atom stereocenters. The standard InChI is InChI=1S/C11H16N4OS/c1-6(2)15-8(4)9(7(3)14-15)5-10-12-13-11(17)16-10/h6H,5H2,1-4H3,(H,13,17). The monoisotopic (exact) mass is 252 g/mol. The molecule has 0 bridgehead atoms. The third kappa shape index (κ3) is 2.31. The first kappa shape index (κ1) is 12.0. The molecule has 0 fully saturated rings. The maximum Gasteiger partial charge on any atom is 0.284 e. The van der Waals surface area contributed by atoms with Crippen molar-refractivity contribution in [3.8, 4) is 0 Å². The number of rotatable bonds is 3.